The van der Waals surface area contributed by atoms with E-state index in [2.05, 4.69) is 6.92 Å². The predicted molar refractivity (Wildman–Crippen MR) is 116 cm³/mol. The van der Waals surface area contributed by atoms with Crippen LogP contribution in [0.1, 0.15) is 23.0 Å². The molecule has 1 aliphatic rings. The second-order valence-corrected chi connectivity index (χ2v) is 8.59. The van der Waals surface area contributed by atoms with Gasteiger partial charge in [-0.1, -0.05) is 42.4 Å². The summed E-state index contributed by atoms with van der Waals surface area (Å²) >= 11 is 7.54. The first-order chi connectivity index (χ1) is 13.5. The Bertz CT molecular complexity index is 1040. The molecule has 0 unspecified atom stereocenters. The van der Waals surface area contributed by atoms with E-state index in [-0.39, 0.29) is 11.2 Å². The number of hydrogen-bond donors (Lipinski definition) is 0. The van der Waals surface area contributed by atoms with E-state index in [1.54, 1.807) is 40.9 Å². The second-order valence-electron chi connectivity index (χ2n) is 6.75. The summed E-state index contributed by atoms with van der Waals surface area (Å²) in [6, 6.07) is 18.8. The molecule has 1 saturated heterocycles. The van der Waals surface area contributed by atoms with Crippen molar-refractivity contribution in [2.75, 3.05) is 6.54 Å². The number of nitrogens with zero attached hydrogens (tertiary/aromatic N) is 2. The molecule has 6 heteroatoms. The Hall–Kier alpha value is -2.50. The summed E-state index contributed by atoms with van der Waals surface area (Å²) < 4.78 is 5.84. The normalized spacial score (nSPS) is 18.0. The van der Waals surface area contributed by atoms with E-state index >= 15 is 0 Å². The van der Waals surface area contributed by atoms with Crippen LogP contribution < -0.4 is 0 Å². The third kappa shape index (κ3) is 4.01. The Morgan fingerprint density at radius 2 is 1.96 bits per heavy atom. The molecule has 1 amide bonds. The molecule has 28 heavy (non-hydrogen) atoms. The minimum absolute atomic E-state index is 0.177. The van der Waals surface area contributed by atoms with Crippen molar-refractivity contribution in [3.05, 3.63) is 77.0 Å². The monoisotopic (exact) mass is 410 g/mol. The molecule has 142 valence electrons. The lowest BCUT2D eigenvalue weighted by Crippen LogP contribution is -2.32. The van der Waals surface area contributed by atoms with Crippen molar-refractivity contribution in [2.45, 2.75) is 19.1 Å². The van der Waals surface area contributed by atoms with Gasteiger partial charge in [-0.3, -0.25) is 9.69 Å². The number of thioether (sulfide) groups is 1. The molecular weight excluding hydrogens is 392 g/mol. The molecule has 1 atom stereocenters. The van der Waals surface area contributed by atoms with Crippen LogP contribution in [0.3, 0.4) is 0 Å². The summed E-state index contributed by atoms with van der Waals surface area (Å²) in [5.74, 6) is 0.761. The SMILES string of the molecule is Cc1cccc(N=C2S[C@@H](C)CN2C(=O)c2ccc(-c3ccc(Cl)cc3)o2)c1. The number of carbonyl (C=O) groups is 1. The average molecular weight is 411 g/mol. The second kappa shape index (κ2) is 7.86. The first kappa shape index (κ1) is 18.8. The van der Waals surface area contributed by atoms with Gasteiger partial charge in [-0.2, -0.15) is 0 Å². The number of rotatable bonds is 3. The topological polar surface area (TPSA) is 45.8 Å². The maximum atomic E-state index is 13.1. The van der Waals surface area contributed by atoms with Crippen molar-refractivity contribution in [1.29, 1.82) is 0 Å². The minimum Gasteiger partial charge on any atom is -0.451 e. The Morgan fingerprint density at radius 3 is 2.71 bits per heavy atom. The van der Waals surface area contributed by atoms with Crippen LogP contribution in [0.5, 0.6) is 0 Å². The summed E-state index contributed by atoms with van der Waals surface area (Å²) in [5.41, 5.74) is 2.85. The molecule has 0 radical (unpaired) electrons. The first-order valence-corrected chi connectivity index (χ1v) is 10.2. The molecule has 3 aromatic rings. The molecule has 4 rings (SSSR count). The number of carbonyl (C=O) groups excluding carboxylic acids is 1. The quantitative estimate of drug-likeness (QED) is 0.518. The van der Waals surface area contributed by atoms with Gasteiger partial charge >= 0.3 is 0 Å². The lowest BCUT2D eigenvalue weighted by Gasteiger charge is -2.14. The van der Waals surface area contributed by atoms with Gasteiger partial charge in [-0.25, -0.2) is 4.99 Å². The van der Waals surface area contributed by atoms with Gasteiger partial charge in [0.05, 0.1) is 5.69 Å². The summed E-state index contributed by atoms with van der Waals surface area (Å²) in [7, 11) is 0. The third-order valence-corrected chi connectivity index (χ3v) is 5.72. The molecule has 0 spiro atoms. The van der Waals surface area contributed by atoms with Crippen molar-refractivity contribution in [2.24, 2.45) is 4.99 Å². The van der Waals surface area contributed by atoms with Gasteiger partial charge < -0.3 is 4.42 Å². The number of halogens is 1. The van der Waals surface area contributed by atoms with Crippen LogP contribution in [0.2, 0.25) is 5.02 Å². The molecular formula is C22H19ClN2O2S. The van der Waals surface area contributed by atoms with Crippen LogP contribution in [0.4, 0.5) is 5.69 Å². The largest absolute Gasteiger partial charge is 0.451 e. The molecule has 1 aliphatic heterocycles. The Balaban J connectivity index is 1.60. The van der Waals surface area contributed by atoms with Gasteiger partial charge in [-0.05, 0) is 61.0 Å². The van der Waals surface area contributed by atoms with Crippen LogP contribution in [-0.2, 0) is 0 Å². The third-order valence-electron chi connectivity index (χ3n) is 4.39. The highest BCUT2D eigenvalue weighted by atomic mass is 35.5. The molecule has 1 fully saturated rings. The highest BCUT2D eigenvalue weighted by Crippen LogP contribution is 2.31. The smallest absolute Gasteiger partial charge is 0.295 e. The molecule has 2 aromatic carbocycles. The van der Waals surface area contributed by atoms with Crippen molar-refractivity contribution >= 4 is 40.1 Å². The summed E-state index contributed by atoms with van der Waals surface area (Å²) in [6.45, 7) is 4.72. The van der Waals surface area contributed by atoms with Crippen LogP contribution in [0.25, 0.3) is 11.3 Å². The Kier molecular flexibility index (Phi) is 5.29. The summed E-state index contributed by atoms with van der Waals surface area (Å²) in [5, 5.41) is 1.64. The zero-order valence-corrected chi connectivity index (χ0v) is 17.1. The van der Waals surface area contributed by atoms with Gasteiger partial charge in [0.1, 0.15) is 5.76 Å². The molecule has 4 nitrogen and oxygen atoms in total. The molecule has 1 aromatic heterocycles. The fraction of sp³-hybridized carbons (Fsp3) is 0.182. The summed E-state index contributed by atoms with van der Waals surface area (Å²) in [6.07, 6.45) is 0. The van der Waals surface area contributed by atoms with Gasteiger partial charge in [0, 0.05) is 22.4 Å². The number of aryl methyl sites for hydroxylation is 1. The van der Waals surface area contributed by atoms with E-state index in [4.69, 9.17) is 21.0 Å². The van der Waals surface area contributed by atoms with Crippen LogP contribution >= 0.6 is 23.4 Å². The average Bonchev–Trinajstić information content (AvgIpc) is 3.29. The van der Waals surface area contributed by atoms with E-state index in [0.717, 1.165) is 16.8 Å². The lowest BCUT2D eigenvalue weighted by molar-refractivity contribution is 0.0826. The number of aliphatic imine (C=N–C) groups is 1. The Labute approximate surface area is 173 Å². The number of amides is 1. The van der Waals surface area contributed by atoms with Crippen molar-refractivity contribution in [3.8, 4) is 11.3 Å². The highest BCUT2D eigenvalue weighted by Gasteiger charge is 2.33. The van der Waals surface area contributed by atoms with Crippen LogP contribution in [-0.4, -0.2) is 27.8 Å². The zero-order chi connectivity index (χ0) is 19.7. The van der Waals surface area contributed by atoms with E-state index in [1.165, 1.54) is 0 Å². The van der Waals surface area contributed by atoms with Gasteiger partial charge in [0.2, 0.25) is 0 Å². The molecule has 0 aliphatic carbocycles. The van der Waals surface area contributed by atoms with E-state index in [1.807, 2.05) is 43.3 Å². The predicted octanol–water partition coefficient (Wildman–Crippen LogP) is 6.17. The van der Waals surface area contributed by atoms with Crippen LogP contribution in [0.15, 0.2) is 70.1 Å². The fourth-order valence-corrected chi connectivity index (χ4v) is 4.19. The molecule has 0 N–H and O–H groups in total. The van der Waals surface area contributed by atoms with Gasteiger partial charge in [0.25, 0.3) is 5.91 Å². The van der Waals surface area contributed by atoms with Crippen molar-refractivity contribution in [3.63, 3.8) is 0 Å². The highest BCUT2D eigenvalue weighted by molar-refractivity contribution is 8.14. The number of furan rings is 1. The maximum Gasteiger partial charge on any atom is 0.295 e. The summed E-state index contributed by atoms with van der Waals surface area (Å²) in [4.78, 5) is 19.5. The Morgan fingerprint density at radius 1 is 1.18 bits per heavy atom. The van der Waals surface area contributed by atoms with Crippen LogP contribution in [0, 0.1) is 6.92 Å². The van der Waals surface area contributed by atoms with Gasteiger partial charge in [0.15, 0.2) is 10.9 Å². The van der Waals surface area contributed by atoms with Crippen molar-refractivity contribution < 1.29 is 9.21 Å². The number of amidine groups is 1. The van der Waals surface area contributed by atoms with E-state index < -0.39 is 0 Å². The van der Waals surface area contributed by atoms with Crippen molar-refractivity contribution in [1.82, 2.24) is 4.90 Å². The standard InChI is InChI=1S/C22H19ClN2O2S/c1-14-4-3-5-18(12-14)24-22-25(13-15(2)28-22)21(26)20-11-10-19(27-20)16-6-8-17(23)9-7-16/h3-12,15H,13H2,1-2H3/t15-/m0/s1. The molecule has 0 bridgehead atoms. The molecule has 2 heterocycles. The lowest BCUT2D eigenvalue weighted by atomic mass is 10.2. The minimum atomic E-state index is -0.177. The van der Waals surface area contributed by atoms with E-state index in [9.17, 15) is 4.79 Å². The number of benzene rings is 2. The number of hydrogen-bond acceptors (Lipinski definition) is 4. The molecule has 0 saturated carbocycles. The fourth-order valence-electron chi connectivity index (χ4n) is 3.04. The zero-order valence-electron chi connectivity index (χ0n) is 15.6. The van der Waals surface area contributed by atoms with Gasteiger partial charge in [-0.15, -0.1) is 0 Å². The first-order valence-electron chi connectivity index (χ1n) is 8.99. The van der Waals surface area contributed by atoms with E-state index in [0.29, 0.717) is 28.3 Å². The maximum absolute atomic E-state index is 13.1.